The molecular formula is C3H8Cl2N2. The zero-order valence-electron chi connectivity index (χ0n) is 4.26. The van der Waals surface area contributed by atoms with Gasteiger partial charge in [0, 0.05) is 11.6 Å². The van der Waals surface area contributed by atoms with E-state index in [1.807, 2.05) is 0 Å². The van der Waals surface area contributed by atoms with Gasteiger partial charge in [0.25, 0.3) is 0 Å². The molecule has 0 aliphatic carbocycles. The molecule has 0 amide bonds. The van der Waals surface area contributed by atoms with Gasteiger partial charge in [-0.2, -0.15) is 0 Å². The van der Waals surface area contributed by atoms with Gasteiger partial charge < -0.3 is 12.4 Å². The lowest BCUT2D eigenvalue weighted by Crippen LogP contribution is -3.00. The Bertz CT molecular complexity index is 62.0. The first kappa shape index (κ1) is 10.1. The van der Waals surface area contributed by atoms with Gasteiger partial charge in [0.2, 0.25) is 0 Å². The molecule has 0 bridgehead atoms. The van der Waals surface area contributed by atoms with Crippen LogP contribution in [0.5, 0.6) is 0 Å². The maximum absolute atomic E-state index is 5.34. The Kier molecular flexibility index (Phi) is 8.75. The average molecular weight is 143 g/mol. The molecule has 0 radical (unpaired) electrons. The fourth-order valence-electron chi connectivity index (χ4n) is 0.125. The van der Waals surface area contributed by atoms with Crippen molar-refractivity contribution in [1.82, 2.24) is 5.32 Å². The van der Waals surface area contributed by atoms with Crippen LogP contribution in [-0.2, 0) is 0 Å². The van der Waals surface area contributed by atoms with Gasteiger partial charge in [0.1, 0.15) is 0 Å². The summed E-state index contributed by atoms with van der Waals surface area (Å²) in [7, 11) is 3.50. The highest BCUT2D eigenvalue weighted by atomic mass is 35.5. The lowest BCUT2D eigenvalue weighted by Gasteiger charge is -1.77. The number of hydrogen-bond donors (Lipinski definition) is 2. The highest BCUT2D eigenvalue weighted by Crippen LogP contribution is 1.59. The zero-order valence-corrected chi connectivity index (χ0v) is 5.77. The second kappa shape index (κ2) is 6.05. The molecule has 0 aliphatic heterocycles. The lowest BCUT2D eigenvalue weighted by molar-refractivity contribution is -0.419. The van der Waals surface area contributed by atoms with E-state index in [0.717, 1.165) is 0 Å². The third-order valence-electron chi connectivity index (χ3n) is 0.439. The van der Waals surface area contributed by atoms with Crippen LogP contribution in [0.4, 0.5) is 0 Å². The van der Waals surface area contributed by atoms with Crippen LogP contribution in [0.3, 0.4) is 0 Å². The number of halogens is 2. The highest BCUT2D eigenvalue weighted by molar-refractivity contribution is 6.62. The summed E-state index contributed by atoms with van der Waals surface area (Å²) in [5, 5.41) is 3.25. The van der Waals surface area contributed by atoms with E-state index in [1.165, 1.54) is 0 Å². The van der Waals surface area contributed by atoms with Gasteiger partial charge in [-0.25, -0.2) is 0 Å². The molecule has 0 saturated heterocycles. The van der Waals surface area contributed by atoms with Crippen LogP contribution in [0.25, 0.3) is 0 Å². The van der Waals surface area contributed by atoms with Crippen molar-refractivity contribution in [3.8, 4) is 0 Å². The first-order valence-electron chi connectivity index (χ1n) is 1.69. The van der Waals surface area contributed by atoms with Crippen molar-refractivity contribution in [2.75, 3.05) is 14.1 Å². The second-order valence-corrected chi connectivity index (χ2v) is 1.19. The summed E-state index contributed by atoms with van der Waals surface area (Å²) in [6.45, 7) is 0. The lowest BCUT2D eigenvalue weighted by atomic mass is 11.1. The van der Waals surface area contributed by atoms with Crippen LogP contribution in [0.15, 0.2) is 0 Å². The Hall–Kier alpha value is 0.0500. The molecule has 4 heteroatoms. The number of hydrogen-bond acceptors (Lipinski definition) is 0. The van der Waals surface area contributed by atoms with Crippen LogP contribution in [0.1, 0.15) is 0 Å². The summed E-state index contributed by atoms with van der Waals surface area (Å²) < 4.78 is 0. The van der Waals surface area contributed by atoms with Crippen molar-refractivity contribution in [2.45, 2.75) is 0 Å². The quantitative estimate of drug-likeness (QED) is 0.199. The van der Waals surface area contributed by atoms with E-state index in [4.69, 9.17) is 11.6 Å². The number of nitrogens with one attached hydrogen (secondary N) is 2. The number of amidine groups is 1. The van der Waals surface area contributed by atoms with Crippen LogP contribution in [0, 0.1) is 0 Å². The van der Waals surface area contributed by atoms with E-state index in [1.54, 1.807) is 14.1 Å². The van der Waals surface area contributed by atoms with E-state index in [-0.39, 0.29) is 12.4 Å². The number of rotatable bonds is 0. The van der Waals surface area contributed by atoms with Crippen molar-refractivity contribution >= 4 is 16.9 Å². The molecule has 0 rings (SSSR count). The Morgan fingerprint density at radius 1 is 1.71 bits per heavy atom. The molecule has 0 atom stereocenters. The Morgan fingerprint density at radius 2 is 2.14 bits per heavy atom. The molecule has 0 aromatic carbocycles. The fourth-order valence-corrected chi connectivity index (χ4v) is 0.125. The van der Waals surface area contributed by atoms with Crippen LogP contribution >= 0.6 is 11.6 Å². The minimum absolute atomic E-state index is 0. The molecule has 0 heterocycles. The van der Waals surface area contributed by atoms with E-state index in [9.17, 15) is 0 Å². The van der Waals surface area contributed by atoms with E-state index >= 15 is 0 Å². The molecule has 0 aliphatic rings. The SMILES string of the molecule is CNC(Cl)=[NH+]C.[Cl-]. The molecule has 0 aromatic rings. The van der Waals surface area contributed by atoms with Crippen LogP contribution in [0.2, 0.25) is 0 Å². The molecule has 0 spiro atoms. The fraction of sp³-hybridized carbons (Fsp3) is 0.667. The maximum Gasteiger partial charge on any atom is 0.340 e. The van der Waals surface area contributed by atoms with Crippen molar-refractivity contribution < 1.29 is 17.4 Å². The molecule has 0 saturated carbocycles. The van der Waals surface area contributed by atoms with Gasteiger partial charge in [-0.1, -0.05) is 0 Å². The average Bonchev–Trinajstić information content (AvgIpc) is 1.65. The standard InChI is InChI=1S/C3H7ClN2.ClH/c1-5-3(4)6-2;/h1-2H3,(H,5,6);1H. The summed E-state index contributed by atoms with van der Waals surface area (Å²) in [6.07, 6.45) is 0. The zero-order chi connectivity index (χ0) is 4.99. The highest BCUT2D eigenvalue weighted by Gasteiger charge is 1.85. The van der Waals surface area contributed by atoms with Crippen molar-refractivity contribution in [1.29, 1.82) is 0 Å². The second-order valence-electron chi connectivity index (χ2n) is 0.814. The largest absolute Gasteiger partial charge is 1.00 e. The van der Waals surface area contributed by atoms with E-state index in [2.05, 4.69) is 10.3 Å². The smallest absolute Gasteiger partial charge is 0.340 e. The van der Waals surface area contributed by atoms with Gasteiger partial charge in [-0.05, 0) is 0 Å². The molecule has 2 N–H and O–H groups in total. The normalized spacial score (nSPS) is 9.86. The van der Waals surface area contributed by atoms with Gasteiger partial charge >= 0.3 is 5.29 Å². The minimum atomic E-state index is 0. The Morgan fingerprint density at radius 3 is 2.14 bits per heavy atom. The molecule has 2 nitrogen and oxygen atoms in total. The van der Waals surface area contributed by atoms with Gasteiger partial charge in [-0.15, -0.1) is 0 Å². The summed E-state index contributed by atoms with van der Waals surface area (Å²) in [6, 6.07) is 0. The van der Waals surface area contributed by atoms with Crippen LogP contribution < -0.4 is 22.7 Å². The Labute approximate surface area is 54.4 Å². The summed E-state index contributed by atoms with van der Waals surface area (Å²) >= 11 is 5.34. The molecule has 44 valence electrons. The van der Waals surface area contributed by atoms with Crippen molar-refractivity contribution in [2.24, 2.45) is 0 Å². The predicted molar refractivity (Wildman–Crippen MR) is 26.8 cm³/mol. The Balaban J connectivity index is 0. The molecule has 7 heavy (non-hydrogen) atoms. The van der Waals surface area contributed by atoms with Crippen molar-refractivity contribution in [3.63, 3.8) is 0 Å². The first-order valence-corrected chi connectivity index (χ1v) is 2.07. The van der Waals surface area contributed by atoms with Gasteiger partial charge in [0.15, 0.2) is 0 Å². The monoisotopic (exact) mass is 142 g/mol. The van der Waals surface area contributed by atoms with E-state index < -0.39 is 0 Å². The van der Waals surface area contributed by atoms with Crippen molar-refractivity contribution in [3.05, 3.63) is 0 Å². The molecule has 0 fully saturated rings. The summed E-state index contributed by atoms with van der Waals surface area (Å²) in [4.78, 5) is 2.69. The third-order valence-corrected chi connectivity index (χ3v) is 0.817. The maximum atomic E-state index is 5.34. The summed E-state index contributed by atoms with van der Waals surface area (Å²) in [5.41, 5.74) is 0. The minimum Gasteiger partial charge on any atom is -1.00 e. The third kappa shape index (κ3) is 6.05. The molecule has 0 unspecified atom stereocenters. The van der Waals surface area contributed by atoms with E-state index in [0.29, 0.717) is 5.29 Å². The molecule has 0 aromatic heterocycles. The summed E-state index contributed by atoms with van der Waals surface area (Å²) in [5.74, 6) is 0. The van der Waals surface area contributed by atoms with Gasteiger partial charge in [0.05, 0.1) is 14.1 Å². The van der Waals surface area contributed by atoms with Crippen LogP contribution in [-0.4, -0.2) is 19.4 Å². The first-order chi connectivity index (χ1) is 2.81. The topological polar surface area (TPSA) is 26.0 Å². The molecular weight excluding hydrogens is 135 g/mol. The van der Waals surface area contributed by atoms with Gasteiger partial charge in [-0.3, -0.25) is 10.3 Å². The predicted octanol–water partition coefficient (Wildman–Crippen LogP) is -4.48.